The van der Waals surface area contributed by atoms with Crippen molar-refractivity contribution in [3.05, 3.63) is 58.7 Å². The normalized spacial score (nSPS) is 27.3. The zero-order valence-electron chi connectivity index (χ0n) is 28.2. The smallest absolute Gasteiger partial charge is 0.297 e. The van der Waals surface area contributed by atoms with Gasteiger partial charge in [0.2, 0.25) is 0 Å². The molecule has 0 heterocycles. The van der Waals surface area contributed by atoms with E-state index in [2.05, 4.69) is 67.5 Å². The lowest BCUT2D eigenvalue weighted by Crippen LogP contribution is -2.51. The van der Waals surface area contributed by atoms with Gasteiger partial charge in [-0.25, -0.2) is 0 Å². The minimum Gasteiger partial charge on any atom is -0.542 e. The number of rotatable bonds is 10. The fraction of sp³-hybridized carbons (Fsp3) is 0.676. The van der Waals surface area contributed by atoms with Crippen molar-refractivity contribution in [2.24, 2.45) is 23.2 Å². The van der Waals surface area contributed by atoms with Gasteiger partial charge in [-0.3, -0.25) is 4.18 Å². The van der Waals surface area contributed by atoms with E-state index in [1.165, 1.54) is 49.7 Å². The van der Waals surface area contributed by atoms with Crippen molar-refractivity contribution < 1.29 is 17.0 Å². The first-order valence-electron chi connectivity index (χ1n) is 17.0. The van der Waals surface area contributed by atoms with E-state index in [9.17, 15) is 8.42 Å². The monoisotopic (exact) mass is 624 g/mol. The minimum absolute atomic E-state index is 0.00592. The van der Waals surface area contributed by atoms with Crippen molar-refractivity contribution >= 4 is 18.4 Å². The van der Waals surface area contributed by atoms with Crippen LogP contribution in [0.4, 0.5) is 0 Å². The lowest BCUT2D eigenvalue weighted by Gasteiger charge is -2.51. The molecule has 0 radical (unpaired) electrons. The van der Waals surface area contributed by atoms with Gasteiger partial charge in [-0.2, -0.15) is 8.42 Å². The van der Waals surface area contributed by atoms with Crippen molar-refractivity contribution in [3.63, 3.8) is 0 Å². The Kier molecular flexibility index (Phi) is 9.36. The molecule has 4 nitrogen and oxygen atoms in total. The molecule has 2 fully saturated rings. The summed E-state index contributed by atoms with van der Waals surface area (Å²) in [4.78, 5) is 0.201. The first kappa shape index (κ1) is 32.8. The molecule has 0 aromatic heterocycles. The molecule has 0 aliphatic heterocycles. The third-order valence-electron chi connectivity index (χ3n) is 12.3. The second-order valence-corrected chi connectivity index (χ2v) is 22.2. The summed E-state index contributed by atoms with van der Waals surface area (Å²) in [6.45, 7) is 20.7. The number of hydrogen-bond acceptors (Lipinski definition) is 4. The molecule has 5 rings (SSSR count). The van der Waals surface area contributed by atoms with Gasteiger partial charge in [0.15, 0.2) is 0 Å². The maximum atomic E-state index is 13.3. The molecule has 2 aromatic carbocycles. The second kappa shape index (κ2) is 12.3. The van der Waals surface area contributed by atoms with E-state index < -0.39 is 18.4 Å². The molecule has 5 atom stereocenters. The summed E-state index contributed by atoms with van der Waals surface area (Å²) in [5.41, 5.74) is 6.49. The average Bonchev–Trinajstić information content (AvgIpc) is 3.30. The summed E-state index contributed by atoms with van der Waals surface area (Å²) in [5, 5.41) is 0. The summed E-state index contributed by atoms with van der Waals surface area (Å²) in [7, 11) is -6.17. The third-order valence-corrected chi connectivity index (χ3v) is 19.5. The Balaban J connectivity index is 1.54. The molecule has 0 bridgehead atoms. The highest BCUT2D eigenvalue weighted by Gasteiger charge is 2.54. The van der Waals surface area contributed by atoms with Crippen LogP contribution in [-0.4, -0.2) is 16.7 Å². The first-order valence-corrected chi connectivity index (χ1v) is 20.6. The summed E-state index contributed by atoms with van der Waals surface area (Å²) in [5.74, 6) is 3.76. The average molecular weight is 625 g/mol. The van der Waals surface area contributed by atoms with E-state index in [0.29, 0.717) is 28.0 Å². The molecule has 3 aliphatic rings. The second-order valence-electron chi connectivity index (χ2n) is 15.3. The molecule has 0 amide bonds. The maximum absolute atomic E-state index is 13.3. The number of aryl methyl sites for hydroxylation is 2. The molecule has 43 heavy (non-hydrogen) atoms. The van der Waals surface area contributed by atoms with Crippen LogP contribution in [-0.2, 0) is 27.3 Å². The van der Waals surface area contributed by atoms with Gasteiger partial charge in [0.25, 0.3) is 18.4 Å². The maximum Gasteiger partial charge on any atom is 0.297 e. The lowest BCUT2D eigenvalue weighted by atomic mass is 9.54. The molecule has 0 N–H and O–H groups in total. The van der Waals surface area contributed by atoms with E-state index in [1.807, 2.05) is 19.1 Å². The van der Waals surface area contributed by atoms with Gasteiger partial charge in [-0.15, -0.1) is 0 Å². The number of benzene rings is 2. The third kappa shape index (κ3) is 5.78. The Labute approximate surface area is 263 Å². The van der Waals surface area contributed by atoms with Gasteiger partial charge in [-0.1, -0.05) is 79.5 Å². The minimum atomic E-state index is -3.90. The number of hydrogen-bond donors (Lipinski definition) is 0. The van der Waals surface area contributed by atoms with Crippen LogP contribution >= 0.6 is 0 Å². The highest BCUT2D eigenvalue weighted by molar-refractivity contribution is 7.86. The van der Waals surface area contributed by atoms with E-state index in [-0.39, 0.29) is 11.5 Å². The van der Waals surface area contributed by atoms with Crippen molar-refractivity contribution in [1.29, 1.82) is 0 Å². The quantitative estimate of drug-likeness (QED) is 0.195. The van der Waals surface area contributed by atoms with Crippen LogP contribution in [0.3, 0.4) is 0 Å². The fourth-order valence-corrected chi connectivity index (χ4v) is 16.3. The van der Waals surface area contributed by atoms with Gasteiger partial charge >= 0.3 is 0 Å². The van der Waals surface area contributed by atoms with Gasteiger partial charge in [0.05, 0.1) is 11.5 Å². The molecule has 2 saturated carbocycles. The Morgan fingerprint density at radius 1 is 0.930 bits per heavy atom. The van der Waals surface area contributed by atoms with Crippen LogP contribution in [0, 0.1) is 30.1 Å². The first-order chi connectivity index (χ1) is 20.2. The summed E-state index contributed by atoms with van der Waals surface area (Å²) in [6.07, 6.45) is 8.90. The van der Waals surface area contributed by atoms with E-state index in [4.69, 9.17) is 8.61 Å². The molecular weight excluding hydrogens is 569 g/mol. The van der Waals surface area contributed by atoms with Crippen LogP contribution in [0.15, 0.2) is 41.3 Å². The van der Waals surface area contributed by atoms with Crippen LogP contribution in [0.5, 0.6) is 5.75 Å². The van der Waals surface area contributed by atoms with Gasteiger partial charge in [-0.05, 0) is 127 Å². The zero-order chi connectivity index (χ0) is 31.3. The van der Waals surface area contributed by atoms with E-state index in [0.717, 1.165) is 41.1 Å². The Morgan fingerprint density at radius 2 is 1.58 bits per heavy atom. The lowest BCUT2D eigenvalue weighted by molar-refractivity contribution is 0.0273. The Hall–Kier alpha value is -1.63. The van der Waals surface area contributed by atoms with Crippen molar-refractivity contribution in [1.82, 2.24) is 0 Å². The molecule has 6 heteroatoms. The molecule has 3 aliphatic carbocycles. The van der Waals surface area contributed by atoms with Gasteiger partial charge < -0.3 is 4.43 Å². The van der Waals surface area contributed by atoms with Crippen molar-refractivity contribution in [2.45, 2.75) is 141 Å². The van der Waals surface area contributed by atoms with Crippen LogP contribution in [0.2, 0.25) is 16.6 Å². The van der Waals surface area contributed by atoms with Crippen LogP contribution < -0.4 is 4.43 Å². The molecule has 0 unspecified atom stereocenters. The van der Waals surface area contributed by atoms with Gasteiger partial charge in [0.1, 0.15) is 5.75 Å². The summed E-state index contributed by atoms with van der Waals surface area (Å²) < 4.78 is 39.8. The largest absolute Gasteiger partial charge is 0.542 e. The molecule has 2 aromatic rings. The summed E-state index contributed by atoms with van der Waals surface area (Å²) in [6, 6.07) is 11.5. The summed E-state index contributed by atoms with van der Waals surface area (Å²) >= 11 is 0. The predicted molar refractivity (Wildman–Crippen MR) is 180 cm³/mol. The highest BCUT2D eigenvalue weighted by Crippen LogP contribution is 2.63. The van der Waals surface area contributed by atoms with Crippen molar-refractivity contribution in [2.75, 3.05) is 0 Å². The van der Waals surface area contributed by atoms with Crippen LogP contribution in [0.25, 0.3) is 0 Å². The van der Waals surface area contributed by atoms with Crippen LogP contribution in [0.1, 0.15) is 122 Å². The number of fused-ring (bicyclic) bond motifs is 5. The predicted octanol–water partition coefficient (Wildman–Crippen LogP) is 10.3. The van der Waals surface area contributed by atoms with Gasteiger partial charge in [0, 0.05) is 5.56 Å². The Bertz CT molecular complexity index is 1370. The zero-order valence-corrected chi connectivity index (χ0v) is 30.0. The van der Waals surface area contributed by atoms with Crippen molar-refractivity contribution in [3.8, 4) is 5.75 Å². The Morgan fingerprint density at radius 3 is 2.19 bits per heavy atom. The molecular formula is C37H56O4SSi. The molecule has 238 valence electrons. The molecule has 0 spiro atoms. The SMILES string of the molecule is CC[C@H]1CC[C@H]2[C@@H]3CCc4cc(O[Si](C(C)C)(C(C)C)C(C)C)c(COS(=O)(=O)c5ccc(C)cc5)cc4[C@H]3CC[C@]12C. The fourth-order valence-electron chi connectivity index (χ4n) is 10.1. The van der Waals surface area contributed by atoms with E-state index in [1.54, 1.807) is 12.1 Å². The topological polar surface area (TPSA) is 52.6 Å². The van der Waals surface area contributed by atoms with E-state index >= 15 is 0 Å². The molecule has 0 saturated heterocycles. The highest BCUT2D eigenvalue weighted by atomic mass is 32.2. The standard InChI is InChI=1S/C37H56O4SSi/c1-10-30-14-18-35-33-17-13-28-22-36(41-43(24(2)3,25(4)5)26(6)7)29(21-34(28)32(33)19-20-37(30,35)9)23-40-42(38,39)31-15-11-27(8)12-16-31/h11-12,15-16,21-22,24-26,30,32-33,35H,10,13-14,17-20,23H2,1-9H3/t30-,32-,33+,35-,37+/m0/s1.